The Morgan fingerprint density at radius 1 is 0.792 bits per heavy atom. The van der Waals surface area contributed by atoms with E-state index in [2.05, 4.69) is 40.7 Å². The van der Waals surface area contributed by atoms with Crippen LogP contribution in [-0.4, -0.2) is 29.6 Å². The standard InChI is InChI=1S/C10H19O.3C4H9.Sn/c1-4-5-6-7-8-9(2)10(3)11;3*1-3-4-2;/h7,9-11H,4-6H2,1-3H3;3*1,3-4H2,2H3;. The number of hydrogen-bond donors (Lipinski definition) is 1. The van der Waals surface area contributed by atoms with Gasteiger partial charge in [0.1, 0.15) is 0 Å². The fourth-order valence-electron chi connectivity index (χ4n) is 3.96. The van der Waals surface area contributed by atoms with Crippen molar-refractivity contribution in [3.63, 3.8) is 0 Å². The summed E-state index contributed by atoms with van der Waals surface area (Å²) in [7, 11) is 0. The SMILES string of the molecule is CCCC/C=[C](/C(C)C(C)O)[Sn]([CH2]CCC)([CH2]CCC)[CH2]CCC. The molecule has 24 heavy (non-hydrogen) atoms. The molecule has 0 amide bonds. The van der Waals surface area contributed by atoms with Crippen molar-refractivity contribution >= 4 is 18.4 Å². The molecule has 0 spiro atoms. The summed E-state index contributed by atoms with van der Waals surface area (Å²) in [5.74, 6) is 0.378. The molecule has 0 saturated heterocycles. The van der Waals surface area contributed by atoms with Crippen LogP contribution in [-0.2, 0) is 0 Å². The number of aliphatic hydroxyl groups is 1. The molecule has 2 heteroatoms. The molecule has 0 saturated carbocycles. The van der Waals surface area contributed by atoms with Gasteiger partial charge in [0.25, 0.3) is 0 Å². The maximum absolute atomic E-state index is 10.4. The molecule has 0 aromatic heterocycles. The van der Waals surface area contributed by atoms with Crippen LogP contribution in [0.25, 0.3) is 0 Å². The van der Waals surface area contributed by atoms with E-state index in [-0.39, 0.29) is 6.10 Å². The molecule has 2 atom stereocenters. The molecule has 0 aromatic rings. The Morgan fingerprint density at radius 2 is 1.21 bits per heavy atom. The molecule has 0 bridgehead atoms. The number of aliphatic hydroxyl groups excluding tert-OH is 1. The molecule has 144 valence electrons. The van der Waals surface area contributed by atoms with Crippen LogP contribution < -0.4 is 0 Å². The molecule has 0 aliphatic heterocycles. The van der Waals surface area contributed by atoms with Gasteiger partial charge in [-0.2, -0.15) is 0 Å². The zero-order valence-electron chi connectivity index (χ0n) is 17.7. The van der Waals surface area contributed by atoms with Crippen molar-refractivity contribution in [2.24, 2.45) is 5.92 Å². The predicted octanol–water partition coefficient (Wildman–Crippen LogP) is 7.51. The Labute approximate surface area is 157 Å². The van der Waals surface area contributed by atoms with Gasteiger partial charge in [0.2, 0.25) is 0 Å². The van der Waals surface area contributed by atoms with Gasteiger partial charge < -0.3 is 0 Å². The van der Waals surface area contributed by atoms with Gasteiger partial charge in [-0.15, -0.1) is 0 Å². The summed E-state index contributed by atoms with van der Waals surface area (Å²) in [6.07, 6.45) is 14.4. The van der Waals surface area contributed by atoms with Crippen molar-refractivity contribution < 1.29 is 5.11 Å². The quantitative estimate of drug-likeness (QED) is 0.204. The van der Waals surface area contributed by atoms with Gasteiger partial charge in [-0.3, -0.25) is 0 Å². The molecule has 0 radical (unpaired) electrons. The van der Waals surface area contributed by atoms with Crippen molar-refractivity contribution in [2.45, 2.75) is 119 Å². The Kier molecular flexibility index (Phi) is 14.9. The topological polar surface area (TPSA) is 20.2 Å². The summed E-state index contributed by atoms with van der Waals surface area (Å²) in [6, 6.07) is 0. The summed E-state index contributed by atoms with van der Waals surface area (Å²) in [5, 5.41) is 10.4. The van der Waals surface area contributed by atoms with Crippen LogP contribution in [0.2, 0.25) is 13.3 Å². The zero-order valence-corrected chi connectivity index (χ0v) is 20.5. The molecule has 1 N–H and O–H groups in total. The molecular weight excluding hydrogens is 399 g/mol. The van der Waals surface area contributed by atoms with Crippen molar-refractivity contribution in [1.29, 1.82) is 0 Å². The second kappa shape index (κ2) is 14.6. The first-order valence-electron chi connectivity index (χ1n) is 10.9. The second-order valence-corrected chi connectivity index (χ2v) is 21.2. The van der Waals surface area contributed by atoms with E-state index in [0.29, 0.717) is 5.92 Å². The van der Waals surface area contributed by atoms with Gasteiger partial charge in [-0.1, -0.05) is 0 Å². The van der Waals surface area contributed by atoms with E-state index in [1.807, 2.05) is 6.92 Å². The van der Waals surface area contributed by atoms with Crippen LogP contribution >= 0.6 is 0 Å². The second-order valence-electron chi connectivity index (χ2n) is 7.92. The predicted molar refractivity (Wildman–Crippen MR) is 113 cm³/mol. The summed E-state index contributed by atoms with van der Waals surface area (Å²) in [4.78, 5) is 0. The van der Waals surface area contributed by atoms with Crippen molar-refractivity contribution in [1.82, 2.24) is 0 Å². The van der Waals surface area contributed by atoms with E-state index in [0.717, 1.165) is 0 Å². The summed E-state index contributed by atoms with van der Waals surface area (Å²) in [5.41, 5.74) is 0. The average Bonchev–Trinajstić information content (AvgIpc) is 2.58. The Morgan fingerprint density at radius 3 is 1.54 bits per heavy atom. The molecule has 2 unspecified atom stereocenters. The number of rotatable bonds is 15. The van der Waals surface area contributed by atoms with Gasteiger partial charge in [-0.25, -0.2) is 0 Å². The normalized spacial score (nSPS) is 15.5. The third-order valence-electron chi connectivity index (χ3n) is 5.78. The van der Waals surface area contributed by atoms with E-state index in [9.17, 15) is 5.11 Å². The van der Waals surface area contributed by atoms with E-state index >= 15 is 0 Å². The third-order valence-corrected chi connectivity index (χ3v) is 22.4. The molecule has 0 rings (SSSR count). The first-order valence-corrected chi connectivity index (χ1v) is 18.4. The van der Waals surface area contributed by atoms with Crippen molar-refractivity contribution in [3.8, 4) is 0 Å². The van der Waals surface area contributed by atoms with Gasteiger partial charge in [-0.05, 0) is 0 Å². The minimum atomic E-state index is -2.38. The van der Waals surface area contributed by atoms with Crippen molar-refractivity contribution in [3.05, 3.63) is 9.67 Å². The fourth-order valence-corrected chi connectivity index (χ4v) is 22.5. The maximum atomic E-state index is 10.4. The van der Waals surface area contributed by atoms with Crippen LogP contribution in [0.3, 0.4) is 0 Å². The minimum absolute atomic E-state index is 0.196. The van der Waals surface area contributed by atoms with E-state index in [4.69, 9.17) is 0 Å². The van der Waals surface area contributed by atoms with Gasteiger partial charge in [0.05, 0.1) is 0 Å². The molecular formula is C22H46OSn. The fraction of sp³-hybridized carbons (Fsp3) is 0.909. The van der Waals surface area contributed by atoms with Gasteiger partial charge in [0, 0.05) is 0 Å². The molecule has 0 aliphatic carbocycles. The average molecular weight is 445 g/mol. The van der Waals surface area contributed by atoms with E-state index in [1.54, 1.807) is 3.59 Å². The zero-order chi connectivity index (χ0) is 18.4. The Hall–Kier alpha value is 0.499. The molecule has 0 aliphatic rings. The Balaban J connectivity index is 5.72. The van der Waals surface area contributed by atoms with Crippen LogP contribution in [0.1, 0.15) is 99.3 Å². The monoisotopic (exact) mass is 446 g/mol. The first kappa shape index (κ1) is 24.5. The van der Waals surface area contributed by atoms with Crippen molar-refractivity contribution in [2.75, 3.05) is 0 Å². The third kappa shape index (κ3) is 8.74. The van der Waals surface area contributed by atoms with E-state index in [1.165, 1.54) is 71.1 Å². The van der Waals surface area contributed by atoms with Crippen LogP contribution in [0.4, 0.5) is 0 Å². The Bertz CT molecular complexity index is 300. The summed E-state index contributed by atoms with van der Waals surface area (Å²) in [6.45, 7) is 13.6. The number of hydrogen-bond acceptors (Lipinski definition) is 1. The molecule has 0 aromatic carbocycles. The van der Waals surface area contributed by atoms with Crippen LogP contribution in [0.5, 0.6) is 0 Å². The summed E-state index contributed by atoms with van der Waals surface area (Å²) >= 11 is -2.38. The van der Waals surface area contributed by atoms with Crippen LogP contribution in [0, 0.1) is 5.92 Å². The first-order chi connectivity index (χ1) is 11.5. The number of unbranched alkanes of at least 4 members (excludes halogenated alkanes) is 5. The number of allylic oxidation sites excluding steroid dienone is 1. The van der Waals surface area contributed by atoms with E-state index < -0.39 is 18.4 Å². The summed E-state index contributed by atoms with van der Waals surface area (Å²) < 4.78 is 6.34. The molecule has 0 heterocycles. The molecule has 1 nitrogen and oxygen atoms in total. The van der Waals surface area contributed by atoms with Gasteiger partial charge >= 0.3 is 158 Å². The molecule has 0 fully saturated rings. The van der Waals surface area contributed by atoms with Crippen LogP contribution in [0.15, 0.2) is 9.67 Å². The van der Waals surface area contributed by atoms with Gasteiger partial charge in [0.15, 0.2) is 0 Å².